The van der Waals surface area contributed by atoms with Crippen molar-refractivity contribution in [2.75, 3.05) is 6.54 Å². The number of carbonyl (C=O) groups is 1. The zero-order valence-electron chi connectivity index (χ0n) is 13.8. The Morgan fingerprint density at radius 3 is 3.00 bits per heavy atom. The lowest BCUT2D eigenvalue weighted by Crippen LogP contribution is -2.25. The number of amides is 1. The number of aromatic amines is 3. The van der Waals surface area contributed by atoms with Gasteiger partial charge in [0, 0.05) is 52.8 Å². The molecule has 7 nitrogen and oxygen atoms in total. The minimum absolute atomic E-state index is 0.0879. The molecule has 0 spiro atoms. The number of hydrogen-bond acceptors (Lipinski definition) is 3. The molecule has 26 heavy (non-hydrogen) atoms. The molecule has 7 heteroatoms. The van der Waals surface area contributed by atoms with Crippen LogP contribution >= 0.6 is 0 Å². The summed E-state index contributed by atoms with van der Waals surface area (Å²) in [4.78, 5) is 24.2. The van der Waals surface area contributed by atoms with Gasteiger partial charge in [-0.25, -0.2) is 9.97 Å². The molecule has 4 N–H and O–H groups in total. The molecule has 0 fully saturated rings. The van der Waals surface area contributed by atoms with E-state index in [9.17, 15) is 4.79 Å². The fourth-order valence-corrected chi connectivity index (χ4v) is 3.32. The van der Waals surface area contributed by atoms with Gasteiger partial charge in [-0.15, -0.1) is 0 Å². The smallest absolute Gasteiger partial charge is 0.251 e. The Kier molecular flexibility index (Phi) is 3.24. The Labute approximate surface area is 147 Å². The van der Waals surface area contributed by atoms with E-state index < -0.39 is 0 Å². The van der Waals surface area contributed by atoms with Crippen molar-refractivity contribution >= 4 is 38.6 Å². The largest absolute Gasteiger partial charge is 0.352 e. The highest BCUT2D eigenvalue weighted by atomic mass is 16.1. The number of nitrogens with zero attached hydrogens (tertiary/aromatic N) is 2. The summed E-state index contributed by atoms with van der Waals surface area (Å²) in [5, 5.41) is 12.2. The predicted molar refractivity (Wildman–Crippen MR) is 100 cm³/mol. The molecule has 0 bridgehead atoms. The van der Waals surface area contributed by atoms with Crippen molar-refractivity contribution in [1.82, 2.24) is 30.5 Å². The van der Waals surface area contributed by atoms with E-state index in [2.05, 4.69) is 31.5 Å². The molecule has 2 aromatic carbocycles. The van der Waals surface area contributed by atoms with Gasteiger partial charge in [-0.1, -0.05) is 12.1 Å². The van der Waals surface area contributed by atoms with Crippen LogP contribution in [0.5, 0.6) is 0 Å². The first-order chi connectivity index (χ1) is 12.8. The Balaban J connectivity index is 1.46. The number of rotatable bonds is 4. The average Bonchev–Trinajstić information content (AvgIpc) is 3.39. The van der Waals surface area contributed by atoms with Crippen LogP contribution in [-0.4, -0.2) is 37.6 Å². The third-order valence-corrected chi connectivity index (χ3v) is 4.65. The molecule has 0 radical (unpaired) electrons. The zero-order chi connectivity index (χ0) is 17.5. The van der Waals surface area contributed by atoms with Crippen LogP contribution < -0.4 is 5.32 Å². The van der Waals surface area contributed by atoms with Crippen molar-refractivity contribution in [3.63, 3.8) is 0 Å². The average molecular weight is 344 g/mol. The van der Waals surface area contributed by atoms with E-state index in [1.54, 1.807) is 12.5 Å². The number of nitrogens with one attached hydrogen (secondary N) is 4. The molecule has 0 saturated carbocycles. The van der Waals surface area contributed by atoms with Crippen LogP contribution in [-0.2, 0) is 6.42 Å². The van der Waals surface area contributed by atoms with Crippen LogP contribution in [0.25, 0.3) is 32.7 Å². The molecule has 0 saturated heterocycles. The number of carbonyl (C=O) groups excluding carboxylic acids is 1. The number of aromatic nitrogens is 5. The lowest BCUT2D eigenvalue weighted by Gasteiger charge is -2.04. The van der Waals surface area contributed by atoms with Gasteiger partial charge < -0.3 is 15.4 Å². The molecule has 3 heterocycles. The number of hydrogen-bond donors (Lipinski definition) is 4. The van der Waals surface area contributed by atoms with E-state index in [1.807, 2.05) is 30.5 Å². The predicted octanol–water partition coefficient (Wildman–Crippen LogP) is 2.89. The minimum Gasteiger partial charge on any atom is -0.352 e. The molecule has 1 amide bonds. The van der Waals surface area contributed by atoms with Crippen LogP contribution in [0.15, 0.2) is 49.1 Å². The standard InChI is InChI=1S/C19H16N6O/c26-19(21-6-5-13-9-20-10-22-13)11-2-4-16-15(7-11)14-3-1-12-8-23-25-17(12)18(14)24-16/h1-4,7-10,23,25H,5-6H2,(H,20,22)(H,21,26). The van der Waals surface area contributed by atoms with E-state index >= 15 is 0 Å². The molecule has 5 rings (SSSR count). The van der Waals surface area contributed by atoms with Crippen LogP contribution in [0.4, 0.5) is 0 Å². The summed E-state index contributed by atoms with van der Waals surface area (Å²) < 4.78 is 0. The van der Waals surface area contributed by atoms with Crippen molar-refractivity contribution in [2.24, 2.45) is 0 Å². The van der Waals surface area contributed by atoms with Crippen LogP contribution in [0.1, 0.15) is 16.1 Å². The minimum atomic E-state index is -0.0879. The molecule has 0 aliphatic rings. The number of fused-ring (bicyclic) bond motifs is 5. The molecule has 128 valence electrons. The van der Waals surface area contributed by atoms with Crippen LogP contribution in [0, 0.1) is 0 Å². The van der Waals surface area contributed by atoms with E-state index in [4.69, 9.17) is 4.98 Å². The fourth-order valence-electron chi connectivity index (χ4n) is 3.32. The van der Waals surface area contributed by atoms with E-state index in [1.165, 1.54) is 0 Å². The highest BCUT2D eigenvalue weighted by Gasteiger charge is 2.13. The van der Waals surface area contributed by atoms with E-state index in [0.29, 0.717) is 12.1 Å². The quantitative estimate of drug-likeness (QED) is 0.403. The maximum Gasteiger partial charge on any atom is 0.251 e. The van der Waals surface area contributed by atoms with Crippen molar-refractivity contribution in [3.8, 4) is 0 Å². The summed E-state index contributed by atoms with van der Waals surface area (Å²) in [5.41, 5.74) is 4.41. The first-order valence-electron chi connectivity index (χ1n) is 8.43. The van der Waals surface area contributed by atoms with Gasteiger partial charge in [-0.05, 0) is 18.2 Å². The highest BCUT2D eigenvalue weighted by molar-refractivity contribution is 6.16. The first kappa shape index (κ1) is 14.7. The first-order valence-corrected chi connectivity index (χ1v) is 8.43. The van der Waals surface area contributed by atoms with Crippen LogP contribution in [0.2, 0.25) is 0 Å². The second-order valence-electron chi connectivity index (χ2n) is 6.27. The Morgan fingerprint density at radius 1 is 1.15 bits per heavy atom. The van der Waals surface area contributed by atoms with Gasteiger partial charge in [0.25, 0.3) is 5.91 Å². The van der Waals surface area contributed by atoms with Crippen molar-refractivity contribution in [1.29, 1.82) is 0 Å². The second-order valence-corrected chi connectivity index (χ2v) is 6.27. The monoisotopic (exact) mass is 344 g/mol. The van der Waals surface area contributed by atoms with Gasteiger partial charge in [0.05, 0.1) is 22.9 Å². The van der Waals surface area contributed by atoms with Crippen molar-refractivity contribution < 1.29 is 4.79 Å². The molecule has 3 aromatic heterocycles. The van der Waals surface area contributed by atoms with Gasteiger partial charge in [0.15, 0.2) is 0 Å². The summed E-state index contributed by atoms with van der Waals surface area (Å²) >= 11 is 0. The third-order valence-electron chi connectivity index (χ3n) is 4.65. The molecule has 0 atom stereocenters. The summed E-state index contributed by atoms with van der Waals surface area (Å²) in [6.45, 7) is 0.554. The Bertz CT molecular complexity index is 1230. The van der Waals surface area contributed by atoms with Crippen molar-refractivity contribution in [2.45, 2.75) is 6.42 Å². The zero-order valence-corrected chi connectivity index (χ0v) is 13.8. The maximum atomic E-state index is 12.5. The van der Waals surface area contributed by atoms with Gasteiger partial charge in [0.2, 0.25) is 0 Å². The Hall–Kier alpha value is -3.61. The van der Waals surface area contributed by atoms with Gasteiger partial charge in [0.1, 0.15) is 0 Å². The normalized spacial score (nSPS) is 11.5. The van der Waals surface area contributed by atoms with E-state index in [-0.39, 0.29) is 5.91 Å². The number of imidazole rings is 1. The highest BCUT2D eigenvalue weighted by Crippen LogP contribution is 2.30. The fraction of sp³-hybridized carbons (Fsp3) is 0.105. The molecule has 0 aliphatic carbocycles. The van der Waals surface area contributed by atoms with Gasteiger partial charge >= 0.3 is 0 Å². The number of H-pyrrole nitrogens is 3. The second kappa shape index (κ2) is 5.73. The molecular weight excluding hydrogens is 328 g/mol. The SMILES string of the molecule is O=C(NCCc1cnc[nH]1)c1ccc2nc3c(ccc4c[nH][nH]c43)c2c1. The lowest BCUT2D eigenvalue weighted by molar-refractivity contribution is 0.0954. The van der Waals surface area contributed by atoms with Gasteiger partial charge in [-0.2, -0.15) is 0 Å². The third kappa shape index (κ3) is 2.33. The summed E-state index contributed by atoms with van der Waals surface area (Å²) in [6.07, 6.45) is 6.03. The molecule has 0 aliphatic heterocycles. The lowest BCUT2D eigenvalue weighted by atomic mass is 10.1. The van der Waals surface area contributed by atoms with Crippen molar-refractivity contribution in [3.05, 3.63) is 60.3 Å². The van der Waals surface area contributed by atoms with Gasteiger partial charge in [-0.3, -0.25) is 9.89 Å². The summed E-state index contributed by atoms with van der Waals surface area (Å²) in [6, 6.07) is 9.72. The topological polar surface area (TPSA) is 102 Å². The molecule has 0 unspecified atom stereocenters. The van der Waals surface area contributed by atoms with Crippen LogP contribution in [0.3, 0.4) is 0 Å². The number of benzene rings is 2. The Morgan fingerprint density at radius 2 is 2.12 bits per heavy atom. The maximum absolute atomic E-state index is 12.5. The van der Waals surface area contributed by atoms with E-state index in [0.717, 1.165) is 44.8 Å². The molecule has 5 aromatic rings. The summed E-state index contributed by atoms with van der Waals surface area (Å²) in [5.74, 6) is -0.0879. The molecular formula is C19H16N6O. The summed E-state index contributed by atoms with van der Waals surface area (Å²) in [7, 11) is 0.